The fraction of sp³-hybridized carbons (Fsp3) is 0.300. The molecule has 0 fully saturated rings. The molecule has 0 aliphatic carbocycles. The minimum absolute atomic E-state index is 0.0756. The predicted molar refractivity (Wildman–Crippen MR) is 51.5 cm³/mol. The van der Waals surface area contributed by atoms with Gasteiger partial charge in [0.25, 0.3) is 0 Å². The lowest BCUT2D eigenvalue weighted by molar-refractivity contribution is 0.693. The Balaban J connectivity index is 3.04. The molecule has 2 heteroatoms. The van der Waals surface area contributed by atoms with Crippen LogP contribution in [0.5, 0.6) is 0 Å². The van der Waals surface area contributed by atoms with Gasteiger partial charge in [0.1, 0.15) is 0 Å². The molecule has 0 radical (unpaired) electrons. The van der Waals surface area contributed by atoms with Crippen molar-refractivity contribution >= 4 is 6.08 Å². The highest BCUT2D eigenvalue weighted by Crippen LogP contribution is 2.16. The number of rotatable bonds is 3. The Bertz CT molecular complexity index is 268. The maximum atomic E-state index is 5.88. The van der Waals surface area contributed by atoms with E-state index in [1.807, 2.05) is 12.1 Å². The molecule has 1 atom stereocenters. The zero-order valence-electron chi connectivity index (χ0n) is 7.33. The van der Waals surface area contributed by atoms with Gasteiger partial charge in [-0.05, 0) is 24.1 Å². The second kappa shape index (κ2) is 4.02. The fourth-order valence-electron chi connectivity index (χ4n) is 1.13. The zero-order chi connectivity index (χ0) is 8.97. The van der Waals surface area contributed by atoms with Crippen LogP contribution in [0.3, 0.4) is 0 Å². The van der Waals surface area contributed by atoms with Crippen LogP contribution >= 0.6 is 0 Å². The first kappa shape index (κ1) is 8.94. The van der Waals surface area contributed by atoms with E-state index in [4.69, 9.17) is 5.73 Å². The first-order valence-corrected chi connectivity index (χ1v) is 4.12. The van der Waals surface area contributed by atoms with Gasteiger partial charge in [-0.15, -0.1) is 0 Å². The molecule has 0 saturated heterocycles. The molecule has 0 aliphatic heterocycles. The quantitative estimate of drug-likeness (QED) is 0.739. The Labute approximate surface area is 73.1 Å². The van der Waals surface area contributed by atoms with Gasteiger partial charge in [0, 0.05) is 12.2 Å². The lowest BCUT2D eigenvalue weighted by Crippen LogP contribution is -2.10. The third-order valence-electron chi connectivity index (χ3n) is 1.90. The van der Waals surface area contributed by atoms with Gasteiger partial charge in [-0.2, -0.15) is 0 Å². The van der Waals surface area contributed by atoms with Crippen molar-refractivity contribution in [1.29, 1.82) is 0 Å². The summed E-state index contributed by atoms with van der Waals surface area (Å²) in [4.78, 5) is 4.17. The van der Waals surface area contributed by atoms with Crippen LogP contribution in [0.1, 0.15) is 30.6 Å². The number of nitrogens with two attached hydrogens (primary N) is 1. The lowest BCUT2D eigenvalue weighted by atomic mass is 10.0. The molecule has 0 bridgehead atoms. The molecule has 1 aromatic heterocycles. The molecule has 2 N–H and O–H groups in total. The molecule has 0 unspecified atom stereocenters. The second-order valence-electron chi connectivity index (χ2n) is 2.70. The van der Waals surface area contributed by atoms with Crippen molar-refractivity contribution < 1.29 is 0 Å². The standard InChI is InChI=1S/C10H14N2/c1-3-9(11)8-6-5-7-12-10(8)4-2/h4-7,9H,2-3,11H2,1H3/t9-/m1/s1. The Morgan fingerprint density at radius 1 is 1.75 bits per heavy atom. The zero-order valence-corrected chi connectivity index (χ0v) is 7.33. The van der Waals surface area contributed by atoms with Crippen LogP contribution in [0.4, 0.5) is 0 Å². The van der Waals surface area contributed by atoms with Crippen molar-refractivity contribution in [1.82, 2.24) is 4.98 Å². The van der Waals surface area contributed by atoms with Crippen molar-refractivity contribution in [3.8, 4) is 0 Å². The van der Waals surface area contributed by atoms with Crippen molar-refractivity contribution in [2.24, 2.45) is 5.73 Å². The molecule has 1 aromatic rings. The van der Waals surface area contributed by atoms with Crippen LogP contribution in [0.25, 0.3) is 6.08 Å². The predicted octanol–water partition coefficient (Wildman–Crippen LogP) is 2.13. The maximum absolute atomic E-state index is 5.88. The van der Waals surface area contributed by atoms with Crippen molar-refractivity contribution in [2.75, 3.05) is 0 Å². The summed E-state index contributed by atoms with van der Waals surface area (Å²) in [5.41, 5.74) is 7.86. The van der Waals surface area contributed by atoms with Crippen LogP contribution in [0, 0.1) is 0 Å². The average Bonchev–Trinajstić information content (AvgIpc) is 2.16. The Hall–Kier alpha value is -1.15. The molecule has 1 heterocycles. The van der Waals surface area contributed by atoms with Crippen LogP contribution in [0.15, 0.2) is 24.9 Å². The molecular formula is C10H14N2. The molecule has 2 nitrogen and oxygen atoms in total. The summed E-state index contributed by atoms with van der Waals surface area (Å²) in [5, 5.41) is 0. The van der Waals surface area contributed by atoms with E-state index in [1.54, 1.807) is 12.3 Å². The first-order chi connectivity index (χ1) is 5.79. The van der Waals surface area contributed by atoms with E-state index >= 15 is 0 Å². The SMILES string of the molecule is C=Cc1ncccc1[C@H](N)CC. The minimum Gasteiger partial charge on any atom is -0.324 e. The monoisotopic (exact) mass is 162 g/mol. The van der Waals surface area contributed by atoms with Gasteiger partial charge >= 0.3 is 0 Å². The summed E-state index contributed by atoms with van der Waals surface area (Å²) in [6.07, 6.45) is 4.42. The van der Waals surface area contributed by atoms with Gasteiger partial charge in [-0.3, -0.25) is 4.98 Å². The molecule has 0 saturated carbocycles. The Kier molecular flexibility index (Phi) is 3.00. The van der Waals surface area contributed by atoms with E-state index in [1.165, 1.54) is 0 Å². The Morgan fingerprint density at radius 3 is 3.08 bits per heavy atom. The molecule has 0 amide bonds. The van der Waals surface area contributed by atoms with Gasteiger partial charge in [0.2, 0.25) is 0 Å². The Morgan fingerprint density at radius 2 is 2.50 bits per heavy atom. The third kappa shape index (κ3) is 1.71. The molecule has 12 heavy (non-hydrogen) atoms. The summed E-state index contributed by atoms with van der Waals surface area (Å²) >= 11 is 0. The first-order valence-electron chi connectivity index (χ1n) is 4.12. The van der Waals surface area contributed by atoms with Crippen LogP contribution in [0.2, 0.25) is 0 Å². The summed E-state index contributed by atoms with van der Waals surface area (Å²) in [7, 11) is 0. The molecule has 0 aliphatic rings. The van der Waals surface area contributed by atoms with E-state index in [2.05, 4.69) is 18.5 Å². The number of hydrogen-bond acceptors (Lipinski definition) is 2. The summed E-state index contributed by atoms with van der Waals surface area (Å²) in [6.45, 7) is 5.75. The number of aromatic nitrogens is 1. The molecule has 64 valence electrons. The number of pyridine rings is 1. The number of hydrogen-bond donors (Lipinski definition) is 1. The summed E-state index contributed by atoms with van der Waals surface area (Å²) in [6, 6.07) is 3.97. The highest BCUT2D eigenvalue weighted by atomic mass is 14.7. The largest absolute Gasteiger partial charge is 0.324 e. The van der Waals surface area contributed by atoms with Crippen LogP contribution < -0.4 is 5.73 Å². The molecule has 0 aromatic carbocycles. The van der Waals surface area contributed by atoms with E-state index < -0.39 is 0 Å². The van der Waals surface area contributed by atoms with Crippen molar-refractivity contribution in [2.45, 2.75) is 19.4 Å². The molecule has 1 rings (SSSR count). The van der Waals surface area contributed by atoms with E-state index in [-0.39, 0.29) is 6.04 Å². The van der Waals surface area contributed by atoms with Gasteiger partial charge in [0.15, 0.2) is 0 Å². The second-order valence-corrected chi connectivity index (χ2v) is 2.70. The topological polar surface area (TPSA) is 38.9 Å². The lowest BCUT2D eigenvalue weighted by Gasteiger charge is -2.10. The fourth-order valence-corrected chi connectivity index (χ4v) is 1.13. The average molecular weight is 162 g/mol. The van der Waals surface area contributed by atoms with Crippen molar-refractivity contribution in [3.63, 3.8) is 0 Å². The van der Waals surface area contributed by atoms with Crippen molar-refractivity contribution in [3.05, 3.63) is 36.2 Å². The van der Waals surface area contributed by atoms with E-state index in [0.717, 1.165) is 17.7 Å². The minimum atomic E-state index is 0.0756. The third-order valence-corrected chi connectivity index (χ3v) is 1.90. The highest BCUT2D eigenvalue weighted by molar-refractivity contribution is 5.47. The van der Waals surface area contributed by atoms with Crippen LogP contribution in [-0.4, -0.2) is 4.98 Å². The van der Waals surface area contributed by atoms with E-state index in [9.17, 15) is 0 Å². The van der Waals surface area contributed by atoms with Gasteiger partial charge in [0.05, 0.1) is 5.69 Å². The van der Waals surface area contributed by atoms with Gasteiger partial charge in [-0.25, -0.2) is 0 Å². The molecular weight excluding hydrogens is 148 g/mol. The van der Waals surface area contributed by atoms with Gasteiger partial charge in [-0.1, -0.05) is 19.6 Å². The van der Waals surface area contributed by atoms with Crippen LogP contribution in [-0.2, 0) is 0 Å². The number of nitrogens with zero attached hydrogens (tertiary/aromatic N) is 1. The highest BCUT2D eigenvalue weighted by Gasteiger charge is 2.06. The molecule has 0 spiro atoms. The summed E-state index contributed by atoms with van der Waals surface area (Å²) in [5.74, 6) is 0. The van der Waals surface area contributed by atoms with E-state index in [0.29, 0.717) is 0 Å². The normalized spacial score (nSPS) is 12.5. The summed E-state index contributed by atoms with van der Waals surface area (Å²) < 4.78 is 0. The maximum Gasteiger partial charge on any atom is 0.0671 e. The van der Waals surface area contributed by atoms with Gasteiger partial charge < -0.3 is 5.73 Å². The smallest absolute Gasteiger partial charge is 0.0671 e.